The number of para-hydroxylation sites is 1. The summed E-state index contributed by atoms with van der Waals surface area (Å²) in [7, 11) is 1.61. The van der Waals surface area contributed by atoms with E-state index in [-0.39, 0.29) is 12.3 Å². The maximum Gasteiger partial charge on any atom is 0.230 e. The van der Waals surface area contributed by atoms with Gasteiger partial charge in [-0.1, -0.05) is 54.6 Å². The normalized spacial score (nSPS) is 11.1. The summed E-state index contributed by atoms with van der Waals surface area (Å²) in [6.07, 6.45) is 0.290. The van der Waals surface area contributed by atoms with E-state index in [2.05, 4.69) is 10.3 Å². The summed E-state index contributed by atoms with van der Waals surface area (Å²) < 4.78 is 11.3. The molecule has 5 aromatic rings. The Morgan fingerprint density at radius 1 is 1.07 bits per heavy atom. The number of thiazole rings is 1. The van der Waals surface area contributed by atoms with Crippen LogP contribution in [0.3, 0.4) is 0 Å². The summed E-state index contributed by atoms with van der Waals surface area (Å²) in [4.78, 5) is 17.1. The number of carbonyl (C=O) groups is 1. The minimum Gasteiger partial charge on any atom is -0.493 e. The molecular weight excluding hydrogens is 396 g/mol. The van der Waals surface area contributed by atoms with Crippen LogP contribution in [0.4, 0.5) is 5.13 Å². The number of benzene rings is 3. The Bertz CT molecular complexity index is 1360. The maximum atomic E-state index is 12.6. The minimum absolute atomic E-state index is 0.0986. The van der Waals surface area contributed by atoms with Gasteiger partial charge in [0, 0.05) is 10.8 Å². The highest BCUT2D eigenvalue weighted by molar-refractivity contribution is 7.14. The number of aromatic nitrogens is 1. The van der Waals surface area contributed by atoms with Crippen molar-refractivity contribution in [1.82, 2.24) is 4.98 Å². The number of fused-ring (bicyclic) bond motifs is 2. The molecule has 148 valence electrons. The number of ether oxygens (including phenoxy) is 1. The number of methoxy groups -OCH3 is 1. The van der Waals surface area contributed by atoms with Crippen molar-refractivity contribution in [2.75, 3.05) is 12.4 Å². The topological polar surface area (TPSA) is 64.4 Å². The molecule has 0 aliphatic heterocycles. The Labute approximate surface area is 176 Å². The van der Waals surface area contributed by atoms with Gasteiger partial charge in [0.25, 0.3) is 0 Å². The van der Waals surface area contributed by atoms with Crippen LogP contribution in [-0.2, 0) is 11.2 Å². The van der Waals surface area contributed by atoms with Crippen molar-refractivity contribution in [3.8, 4) is 17.2 Å². The highest BCUT2D eigenvalue weighted by atomic mass is 32.1. The van der Waals surface area contributed by atoms with Crippen LogP contribution in [-0.4, -0.2) is 18.0 Å². The van der Waals surface area contributed by atoms with Crippen molar-refractivity contribution in [1.29, 1.82) is 0 Å². The zero-order valence-corrected chi connectivity index (χ0v) is 17.0. The van der Waals surface area contributed by atoms with Crippen molar-refractivity contribution in [2.24, 2.45) is 0 Å². The summed E-state index contributed by atoms with van der Waals surface area (Å²) in [6, 6.07) is 21.7. The molecule has 0 bridgehead atoms. The van der Waals surface area contributed by atoms with Crippen LogP contribution in [0.5, 0.6) is 5.75 Å². The van der Waals surface area contributed by atoms with Gasteiger partial charge < -0.3 is 14.5 Å². The lowest BCUT2D eigenvalue weighted by molar-refractivity contribution is -0.115. The molecule has 3 aromatic carbocycles. The summed E-state index contributed by atoms with van der Waals surface area (Å²) in [6.45, 7) is 0. The van der Waals surface area contributed by atoms with Gasteiger partial charge in [-0.25, -0.2) is 4.98 Å². The van der Waals surface area contributed by atoms with Gasteiger partial charge in [-0.05, 0) is 28.5 Å². The van der Waals surface area contributed by atoms with Gasteiger partial charge in [0.2, 0.25) is 5.91 Å². The average Bonchev–Trinajstić information content (AvgIpc) is 3.40. The molecule has 0 unspecified atom stereocenters. The predicted molar refractivity (Wildman–Crippen MR) is 120 cm³/mol. The summed E-state index contributed by atoms with van der Waals surface area (Å²) in [5, 5.41) is 8.48. The minimum atomic E-state index is -0.0986. The molecule has 0 radical (unpaired) electrons. The van der Waals surface area contributed by atoms with E-state index in [1.165, 1.54) is 11.3 Å². The lowest BCUT2D eigenvalue weighted by Crippen LogP contribution is -2.14. The van der Waals surface area contributed by atoms with Crippen LogP contribution in [0.25, 0.3) is 33.2 Å². The van der Waals surface area contributed by atoms with Crippen molar-refractivity contribution < 1.29 is 13.9 Å². The largest absolute Gasteiger partial charge is 0.493 e. The molecule has 5 rings (SSSR count). The first-order valence-corrected chi connectivity index (χ1v) is 10.4. The maximum absolute atomic E-state index is 12.6. The molecule has 1 amide bonds. The molecule has 0 aliphatic carbocycles. The summed E-state index contributed by atoms with van der Waals surface area (Å²) in [5.41, 5.74) is 2.36. The predicted octanol–water partition coefficient (Wildman–Crippen LogP) is 5.90. The Morgan fingerprint density at radius 3 is 2.77 bits per heavy atom. The lowest BCUT2D eigenvalue weighted by Gasteiger charge is -2.06. The Balaban J connectivity index is 1.35. The number of nitrogens with one attached hydrogen (secondary N) is 1. The van der Waals surface area contributed by atoms with Crippen LogP contribution in [0.2, 0.25) is 0 Å². The number of hydrogen-bond donors (Lipinski definition) is 1. The number of furan rings is 1. The van der Waals surface area contributed by atoms with Gasteiger partial charge in [-0.15, -0.1) is 11.3 Å². The van der Waals surface area contributed by atoms with Gasteiger partial charge in [-0.2, -0.15) is 0 Å². The highest BCUT2D eigenvalue weighted by Crippen LogP contribution is 2.34. The van der Waals surface area contributed by atoms with Crippen LogP contribution in [0.1, 0.15) is 5.56 Å². The van der Waals surface area contributed by atoms with Gasteiger partial charge in [0.05, 0.1) is 13.5 Å². The molecule has 0 fully saturated rings. The number of rotatable bonds is 5. The van der Waals surface area contributed by atoms with Gasteiger partial charge in [0.1, 0.15) is 5.69 Å². The number of amides is 1. The zero-order valence-electron chi connectivity index (χ0n) is 16.2. The van der Waals surface area contributed by atoms with E-state index in [1.807, 2.05) is 72.1 Å². The van der Waals surface area contributed by atoms with Crippen LogP contribution in [0, 0.1) is 0 Å². The molecular formula is C24H18N2O3S. The van der Waals surface area contributed by atoms with Crippen molar-refractivity contribution in [2.45, 2.75) is 6.42 Å². The van der Waals surface area contributed by atoms with Gasteiger partial charge in [-0.3, -0.25) is 4.79 Å². The fourth-order valence-corrected chi connectivity index (χ4v) is 4.27. The molecule has 0 saturated heterocycles. The van der Waals surface area contributed by atoms with E-state index in [0.717, 1.165) is 21.7 Å². The lowest BCUT2D eigenvalue weighted by atomic mass is 10.0. The van der Waals surface area contributed by atoms with Crippen molar-refractivity contribution in [3.05, 3.63) is 77.7 Å². The van der Waals surface area contributed by atoms with E-state index >= 15 is 0 Å². The second-order valence-electron chi connectivity index (χ2n) is 6.89. The first-order valence-electron chi connectivity index (χ1n) is 9.50. The van der Waals surface area contributed by atoms with Crippen molar-refractivity contribution in [3.63, 3.8) is 0 Å². The highest BCUT2D eigenvalue weighted by Gasteiger charge is 2.14. The first-order chi connectivity index (χ1) is 14.7. The third-order valence-electron chi connectivity index (χ3n) is 4.96. The summed E-state index contributed by atoms with van der Waals surface area (Å²) in [5.74, 6) is 1.22. The van der Waals surface area contributed by atoms with E-state index in [1.54, 1.807) is 7.11 Å². The molecule has 0 aliphatic rings. The zero-order chi connectivity index (χ0) is 20.5. The Hall–Kier alpha value is -3.64. The molecule has 2 heterocycles. The van der Waals surface area contributed by atoms with E-state index in [4.69, 9.17) is 9.15 Å². The number of hydrogen-bond acceptors (Lipinski definition) is 5. The van der Waals surface area contributed by atoms with Gasteiger partial charge in [0.15, 0.2) is 22.2 Å². The van der Waals surface area contributed by atoms with E-state index in [0.29, 0.717) is 27.9 Å². The number of anilines is 1. The Morgan fingerprint density at radius 2 is 1.87 bits per heavy atom. The fraction of sp³-hybridized carbons (Fsp3) is 0.0833. The number of carbonyl (C=O) groups excluding carboxylic acids is 1. The first kappa shape index (κ1) is 18.4. The SMILES string of the molecule is COc1cccc2cc(-c3csc(NC(=O)Cc4cccc5ccccc45)n3)oc12. The van der Waals surface area contributed by atoms with Crippen LogP contribution >= 0.6 is 11.3 Å². The van der Waals surface area contributed by atoms with E-state index in [9.17, 15) is 4.79 Å². The third kappa shape index (κ3) is 3.42. The molecule has 1 N–H and O–H groups in total. The van der Waals surface area contributed by atoms with E-state index < -0.39 is 0 Å². The molecule has 0 atom stereocenters. The summed E-state index contributed by atoms with van der Waals surface area (Å²) >= 11 is 1.37. The molecule has 2 aromatic heterocycles. The molecule has 5 nitrogen and oxygen atoms in total. The fourth-order valence-electron chi connectivity index (χ4n) is 3.55. The van der Waals surface area contributed by atoms with Crippen LogP contribution < -0.4 is 10.1 Å². The average molecular weight is 414 g/mol. The molecule has 0 saturated carbocycles. The van der Waals surface area contributed by atoms with Crippen LogP contribution in [0.15, 0.2) is 76.5 Å². The Kier molecular flexibility index (Phi) is 4.69. The molecule has 30 heavy (non-hydrogen) atoms. The second-order valence-corrected chi connectivity index (χ2v) is 7.75. The smallest absolute Gasteiger partial charge is 0.230 e. The van der Waals surface area contributed by atoms with Crippen molar-refractivity contribution >= 4 is 44.1 Å². The second kappa shape index (κ2) is 7.65. The quantitative estimate of drug-likeness (QED) is 0.389. The van der Waals surface area contributed by atoms with Gasteiger partial charge >= 0.3 is 0 Å². The number of nitrogens with zero attached hydrogens (tertiary/aromatic N) is 1. The molecule has 6 heteroatoms. The molecule has 0 spiro atoms. The standard InChI is InChI=1S/C24H18N2O3S/c1-28-20-11-5-9-17-12-21(29-23(17)20)19-14-30-24(25-19)26-22(27)13-16-8-4-7-15-6-2-3-10-18(15)16/h2-12,14H,13H2,1H3,(H,25,26,27). The monoisotopic (exact) mass is 414 g/mol. The third-order valence-corrected chi connectivity index (χ3v) is 5.72.